The molecule has 7 nitrogen and oxygen atoms in total. The average molecular weight is 532 g/mol. The minimum atomic E-state index is -4.70. The number of nitrogens with one attached hydrogen (secondary N) is 1. The number of fused-ring (bicyclic) bond motifs is 2. The topological polar surface area (TPSA) is 83.0 Å². The van der Waals surface area contributed by atoms with Crippen LogP contribution in [0.15, 0.2) is 64.2 Å². The van der Waals surface area contributed by atoms with Crippen LogP contribution in [-0.2, 0) is 11.3 Å². The fraction of sp³-hybridized carbons (Fsp3) is 0.167. The molecule has 2 aromatic carbocycles. The first kappa shape index (κ1) is 24.1. The number of amides is 1. The molecule has 2 aliphatic heterocycles. The number of benzene rings is 2. The highest BCUT2D eigenvalue weighted by Crippen LogP contribution is 2.36. The van der Waals surface area contributed by atoms with E-state index in [0.717, 1.165) is 21.6 Å². The molecule has 0 aliphatic carbocycles. The highest BCUT2D eigenvalue weighted by Gasteiger charge is 2.46. The molecule has 1 amide bonds. The van der Waals surface area contributed by atoms with E-state index in [2.05, 4.69) is 10.1 Å². The standard InChI is InChI=1S/C24H17ClF3N5O2S/c1-13-15(12-16-20(29)33-23(30-21(16)34)36-22(31-33)24(26,27)28)14-6-2-4-8-18(14)32(13)10-11-35-19-9-5-3-7-17(19)25/h2-9,12,29H,10-11H2,1H3. The molecule has 0 spiro atoms. The maximum absolute atomic E-state index is 13.1. The Morgan fingerprint density at radius 1 is 1.17 bits per heavy atom. The van der Waals surface area contributed by atoms with Crippen LogP contribution < -0.4 is 4.74 Å². The number of ether oxygens (including phenoxy) is 1. The first-order valence-electron chi connectivity index (χ1n) is 10.7. The first-order valence-corrected chi connectivity index (χ1v) is 11.9. The van der Waals surface area contributed by atoms with Crippen molar-refractivity contribution in [2.24, 2.45) is 10.1 Å². The van der Waals surface area contributed by atoms with Crippen LogP contribution in [0.4, 0.5) is 13.2 Å². The smallest absolute Gasteiger partial charge is 0.441 e. The number of aromatic nitrogens is 1. The third-order valence-corrected chi connectivity index (χ3v) is 6.94. The molecule has 36 heavy (non-hydrogen) atoms. The van der Waals surface area contributed by atoms with Gasteiger partial charge >= 0.3 is 6.18 Å². The van der Waals surface area contributed by atoms with Crippen LogP contribution in [0.2, 0.25) is 5.02 Å². The molecule has 3 aromatic rings. The number of alkyl halides is 3. The molecule has 0 bridgehead atoms. The quantitative estimate of drug-likeness (QED) is 0.418. The maximum atomic E-state index is 13.1. The lowest BCUT2D eigenvalue weighted by Crippen LogP contribution is -2.35. The number of carbonyl (C=O) groups is 1. The van der Waals surface area contributed by atoms with Gasteiger partial charge in [-0.15, -0.1) is 0 Å². The zero-order valence-corrected chi connectivity index (χ0v) is 20.2. The normalized spacial score (nSPS) is 17.0. The Labute approximate surface area is 212 Å². The molecule has 0 saturated heterocycles. The molecular weight excluding hydrogens is 515 g/mol. The lowest BCUT2D eigenvalue weighted by Gasteiger charge is -2.20. The van der Waals surface area contributed by atoms with Crippen molar-refractivity contribution in [3.63, 3.8) is 0 Å². The van der Waals surface area contributed by atoms with E-state index in [1.807, 2.05) is 47.9 Å². The summed E-state index contributed by atoms with van der Waals surface area (Å²) < 4.78 is 47.2. The SMILES string of the molecule is Cc1c(C=C2C(=N)N3N=C(C(F)(F)F)SC3=NC2=O)c2ccccc2n1CCOc1ccccc1Cl. The summed E-state index contributed by atoms with van der Waals surface area (Å²) in [6.45, 7) is 2.65. The van der Waals surface area contributed by atoms with Gasteiger partial charge in [0.15, 0.2) is 5.84 Å². The molecule has 1 aromatic heterocycles. The van der Waals surface area contributed by atoms with Crippen molar-refractivity contribution in [3.8, 4) is 5.75 Å². The first-order chi connectivity index (χ1) is 17.1. The highest BCUT2D eigenvalue weighted by atomic mass is 35.5. The number of rotatable bonds is 5. The van der Waals surface area contributed by atoms with Gasteiger partial charge < -0.3 is 9.30 Å². The summed E-state index contributed by atoms with van der Waals surface area (Å²) in [5.41, 5.74) is 2.17. The lowest BCUT2D eigenvalue weighted by atomic mass is 10.1. The monoisotopic (exact) mass is 531 g/mol. The molecule has 2 aliphatic rings. The van der Waals surface area contributed by atoms with Gasteiger partial charge in [0.05, 0.1) is 17.1 Å². The second-order valence-corrected chi connectivity index (χ2v) is 9.23. The Hall–Kier alpha value is -3.57. The molecule has 184 valence electrons. The van der Waals surface area contributed by atoms with Gasteiger partial charge in [-0.2, -0.15) is 28.3 Å². The number of para-hydroxylation sites is 2. The maximum Gasteiger partial charge on any atom is 0.441 e. The van der Waals surface area contributed by atoms with E-state index in [9.17, 15) is 18.0 Å². The number of hydrogen-bond acceptors (Lipinski definition) is 5. The summed E-state index contributed by atoms with van der Waals surface area (Å²) in [6, 6.07) is 14.7. The Kier molecular flexibility index (Phi) is 6.13. The van der Waals surface area contributed by atoms with Gasteiger partial charge in [0.1, 0.15) is 12.4 Å². The highest BCUT2D eigenvalue weighted by molar-refractivity contribution is 8.27. The molecule has 0 saturated carbocycles. The van der Waals surface area contributed by atoms with E-state index in [0.29, 0.717) is 29.5 Å². The van der Waals surface area contributed by atoms with Crippen LogP contribution in [-0.4, -0.2) is 44.3 Å². The van der Waals surface area contributed by atoms with Gasteiger partial charge in [0.2, 0.25) is 10.2 Å². The molecule has 12 heteroatoms. The third-order valence-electron chi connectivity index (χ3n) is 5.67. The second kappa shape index (κ2) is 9.14. The second-order valence-electron chi connectivity index (χ2n) is 7.87. The largest absolute Gasteiger partial charge is 0.490 e. The van der Waals surface area contributed by atoms with Crippen LogP contribution >= 0.6 is 23.4 Å². The fourth-order valence-corrected chi connectivity index (χ4v) is 4.94. The third kappa shape index (κ3) is 4.28. The summed E-state index contributed by atoms with van der Waals surface area (Å²) in [5.74, 6) is -0.696. The van der Waals surface area contributed by atoms with Crippen molar-refractivity contribution in [2.45, 2.75) is 19.6 Å². The van der Waals surface area contributed by atoms with E-state index in [1.165, 1.54) is 6.08 Å². The zero-order chi connectivity index (χ0) is 25.6. The van der Waals surface area contributed by atoms with Crippen LogP contribution in [0.25, 0.3) is 17.0 Å². The van der Waals surface area contributed by atoms with Gasteiger partial charge in [-0.1, -0.05) is 41.9 Å². The number of halogens is 4. The summed E-state index contributed by atoms with van der Waals surface area (Å²) in [7, 11) is 0. The van der Waals surface area contributed by atoms with Crippen molar-refractivity contribution >= 4 is 62.3 Å². The molecule has 1 N–H and O–H groups in total. The van der Waals surface area contributed by atoms with Crippen molar-refractivity contribution in [1.29, 1.82) is 5.41 Å². The van der Waals surface area contributed by atoms with Gasteiger partial charge in [-0.05, 0) is 43.0 Å². The minimum Gasteiger partial charge on any atom is -0.490 e. The number of nitrogens with zero attached hydrogens (tertiary/aromatic N) is 4. The number of hydrogen-bond donors (Lipinski definition) is 1. The molecule has 0 unspecified atom stereocenters. The van der Waals surface area contributed by atoms with Gasteiger partial charge in [-0.3, -0.25) is 10.2 Å². The van der Waals surface area contributed by atoms with Crippen molar-refractivity contribution in [2.75, 3.05) is 6.61 Å². The van der Waals surface area contributed by atoms with Crippen LogP contribution in [0.1, 0.15) is 11.3 Å². The number of hydrazone groups is 1. The molecule has 3 heterocycles. The number of carbonyl (C=O) groups excluding carboxylic acids is 1. The number of aliphatic imine (C=N–C) groups is 1. The summed E-state index contributed by atoms with van der Waals surface area (Å²) in [5, 5.41) is 12.4. The van der Waals surface area contributed by atoms with Crippen molar-refractivity contribution < 1.29 is 22.7 Å². The zero-order valence-electron chi connectivity index (χ0n) is 18.6. The summed E-state index contributed by atoms with van der Waals surface area (Å²) in [6.07, 6.45) is -3.21. The Morgan fingerprint density at radius 3 is 2.64 bits per heavy atom. The van der Waals surface area contributed by atoms with Gasteiger partial charge in [0.25, 0.3) is 5.91 Å². The van der Waals surface area contributed by atoms with Gasteiger partial charge in [-0.25, -0.2) is 0 Å². The molecule has 0 fully saturated rings. The predicted octanol–water partition coefficient (Wildman–Crippen LogP) is 5.86. The summed E-state index contributed by atoms with van der Waals surface area (Å²) in [4.78, 5) is 16.5. The fourth-order valence-electron chi connectivity index (χ4n) is 3.99. The van der Waals surface area contributed by atoms with Crippen LogP contribution in [0, 0.1) is 12.3 Å². The van der Waals surface area contributed by atoms with Crippen molar-refractivity contribution in [3.05, 3.63) is 70.4 Å². The van der Waals surface area contributed by atoms with E-state index in [4.69, 9.17) is 21.7 Å². The summed E-state index contributed by atoms with van der Waals surface area (Å²) >= 11 is 6.39. The van der Waals surface area contributed by atoms with E-state index >= 15 is 0 Å². The van der Waals surface area contributed by atoms with Crippen LogP contribution in [0.5, 0.6) is 5.75 Å². The van der Waals surface area contributed by atoms with E-state index in [-0.39, 0.29) is 22.5 Å². The average Bonchev–Trinajstić information content (AvgIpc) is 3.38. The van der Waals surface area contributed by atoms with Crippen molar-refractivity contribution in [1.82, 2.24) is 9.58 Å². The van der Waals surface area contributed by atoms with E-state index in [1.54, 1.807) is 12.1 Å². The Bertz CT molecular complexity index is 1510. The Balaban J connectivity index is 1.49. The van der Waals surface area contributed by atoms with Gasteiger partial charge in [0, 0.05) is 22.2 Å². The van der Waals surface area contributed by atoms with Crippen LogP contribution in [0.3, 0.4) is 0 Å². The molecule has 0 atom stereocenters. The van der Waals surface area contributed by atoms with E-state index < -0.39 is 23.0 Å². The Morgan fingerprint density at radius 2 is 1.89 bits per heavy atom. The molecule has 5 rings (SSSR count). The number of thioether (sulfide) groups is 1. The number of amidine groups is 2. The predicted molar refractivity (Wildman–Crippen MR) is 135 cm³/mol. The minimum absolute atomic E-state index is 0.148. The molecule has 0 radical (unpaired) electrons. The lowest BCUT2D eigenvalue weighted by molar-refractivity contribution is -0.114. The molecular formula is C24H17ClF3N5O2S.